The number of aliphatic carboxylic acids is 2. The molecule has 0 spiro atoms. The number of thioether (sulfide) groups is 1. The SMILES string of the molecule is N[C@@H](CCC(=O)NC(CSCCCc1ccccc1)C(=O)NCC(=O)O)C(=O)O. The predicted molar refractivity (Wildman–Crippen MR) is 110 cm³/mol. The van der Waals surface area contributed by atoms with E-state index in [1.165, 1.54) is 17.3 Å². The fraction of sp³-hybridized carbons (Fsp3) is 0.474. The molecule has 0 saturated carbocycles. The van der Waals surface area contributed by atoms with E-state index in [9.17, 15) is 19.2 Å². The van der Waals surface area contributed by atoms with E-state index in [-0.39, 0.29) is 18.6 Å². The molecule has 10 heteroatoms. The summed E-state index contributed by atoms with van der Waals surface area (Å²) < 4.78 is 0. The van der Waals surface area contributed by atoms with E-state index < -0.39 is 42.4 Å². The van der Waals surface area contributed by atoms with Crippen LogP contribution in [0.25, 0.3) is 0 Å². The molecule has 9 nitrogen and oxygen atoms in total. The lowest BCUT2D eigenvalue weighted by molar-refractivity contribution is -0.139. The van der Waals surface area contributed by atoms with Crippen molar-refractivity contribution in [3.63, 3.8) is 0 Å². The van der Waals surface area contributed by atoms with Crippen LogP contribution in [-0.4, -0.2) is 64.1 Å². The summed E-state index contributed by atoms with van der Waals surface area (Å²) in [7, 11) is 0. The van der Waals surface area contributed by atoms with Crippen molar-refractivity contribution in [3.05, 3.63) is 35.9 Å². The van der Waals surface area contributed by atoms with Crippen LogP contribution in [0.1, 0.15) is 24.8 Å². The summed E-state index contributed by atoms with van der Waals surface area (Å²) >= 11 is 1.47. The minimum Gasteiger partial charge on any atom is -0.480 e. The Bertz CT molecular complexity index is 686. The van der Waals surface area contributed by atoms with Crippen molar-refractivity contribution in [1.82, 2.24) is 10.6 Å². The first-order valence-corrected chi connectivity index (χ1v) is 10.3. The first-order valence-electron chi connectivity index (χ1n) is 9.18. The molecule has 2 atom stereocenters. The first-order chi connectivity index (χ1) is 13.8. The highest BCUT2D eigenvalue weighted by molar-refractivity contribution is 7.99. The molecule has 0 heterocycles. The maximum atomic E-state index is 12.2. The highest BCUT2D eigenvalue weighted by Gasteiger charge is 2.22. The van der Waals surface area contributed by atoms with Crippen molar-refractivity contribution < 1.29 is 29.4 Å². The highest BCUT2D eigenvalue weighted by Crippen LogP contribution is 2.10. The topological polar surface area (TPSA) is 159 Å². The molecule has 6 N–H and O–H groups in total. The van der Waals surface area contributed by atoms with Crippen molar-refractivity contribution in [3.8, 4) is 0 Å². The molecule has 0 aliphatic carbocycles. The van der Waals surface area contributed by atoms with Gasteiger partial charge in [0.1, 0.15) is 18.6 Å². The highest BCUT2D eigenvalue weighted by atomic mass is 32.2. The second kappa shape index (κ2) is 13.6. The number of nitrogens with one attached hydrogen (secondary N) is 2. The van der Waals surface area contributed by atoms with Gasteiger partial charge in [0.2, 0.25) is 11.8 Å². The lowest BCUT2D eigenvalue weighted by Gasteiger charge is -2.18. The minimum absolute atomic E-state index is 0.0607. The van der Waals surface area contributed by atoms with E-state index in [1.54, 1.807) is 0 Å². The molecule has 1 aromatic rings. The lowest BCUT2D eigenvalue weighted by atomic mass is 10.1. The van der Waals surface area contributed by atoms with Gasteiger partial charge in [-0.25, -0.2) is 0 Å². The zero-order valence-electron chi connectivity index (χ0n) is 16.0. The second-order valence-electron chi connectivity index (χ2n) is 6.38. The molecule has 1 aromatic carbocycles. The monoisotopic (exact) mass is 425 g/mol. The third-order valence-corrected chi connectivity index (χ3v) is 5.09. The molecule has 2 amide bonds. The lowest BCUT2D eigenvalue weighted by Crippen LogP contribution is -2.49. The molecule has 160 valence electrons. The number of carbonyl (C=O) groups excluding carboxylic acids is 2. The zero-order valence-corrected chi connectivity index (χ0v) is 16.8. The summed E-state index contributed by atoms with van der Waals surface area (Å²) in [4.78, 5) is 45.6. The molecule has 0 fully saturated rings. The molecule has 0 aliphatic heterocycles. The summed E-state index contributed by atoms with van der Waals surface area (Å²) in [5.41, 5.74) is 6.58. The van der Waals surface area contributed by atoms with Crippen molar-refractivity contribution >= 4 is 35.5 Å². The Kier molecular flexibility index (Phi) is 11.4. The summed E-state index contributed by atoms with van der Waals surface area (Å²) in [5.74, 6) is -2.47. The van der Waals surface area contributed by atoms with Crippen LogP contribution in [0.2, 0.25) is 0 Å². The van der Waals surface area contributed by atoms with Gasteiger partial charge in [-0.1, -0.05) is 30.3 Å². The Morgan fingerprint density at radius 2 is 1.79 bits per heavy atom. The second-order valence-corrected chi connectivity index (χ2v) is 7.53. The predicted octanol–water partition coefficient (Wildman–Crippen LogP) is 0.230. The maximum Gasteiger partial charge on any atom is 0.322 e. The maximum absolute atomic E-state index is 12.2. The summed E-state index contributed by atoms with van der Waals surface area (Å²) in [6, 6.07) is 7.89. The van der Waals surface area contributed by atoms with Crippen molar-refractivity contribution in [2.75, 3.05) is 18.1 Å². The van der Waals surface area contributed by atoms with E-state index in [0.717, 1.165) is 18.6 Å². The van der Waals surface area contributed by atoms with Gasteiger partial charge in [-0.15, -0.1) is 0 Å². The van der Waals surface area contributed by atoms with Crippen LogP contribution in [0.15, 0.2) is 30.3 Å². The number of carboxylic acid groups (broad SMARTS) is 2. The molecule has 0 aliphatic rings. The minimum atomic E-state index is -1.21. The zero-order chi connectivity index (χ0) is 21.6. The normalized spacial score (nSPS) is 12.6. The van der Waals surface area contributed by atoms with Gasteiger partial charge < -0.3 is 26.6 Å². The Hall–Kier alpha value is -2.59. The molecule has 1 rings (SSSR count). The molecular weight excluding hydrogens is 398 g/mol. The van der Waals surface area contributed by atoms with Crippen LogP contribution in [0.4, 0.5) is 0 Å². The fourth-order valence-corrected chi connectivity index (χ4v) is 3.36. The van der Waals surface area contributed by atoms with Crippen LogP contribution >= 0.6 is 11.8 Å². The summed E-state index contributed by atoms with van der Waals surface area (Å²) in [5, 5.41) is 22.2. The molecule has 29 heavy (non-hydrogen) atoms. The molecule has 1 unspecified atom stereocenters. The van der Waals surface area contributed by atoms with Crippen molar-refractivity contribution in [2.45, 2.75) is 37.8 Å². The van der Waals surface area contributed by atoms with Gasteiger partial charge >= 0.3 is 11.9 Å². The van der Waals surface area contributed by atoms with E-state index in [2.05, 4.69) is 10.6 Å². The molecule has 0 saturated heterocycles. The number of nitrogens with two attached hydrogens (primary N) is 1. The van der Waals surface area contributed by atoms with Gasteiger partial charge in [-0.3, -0.25) is 19.2 Å². The quantitative estimate of drug-likeness (QED) is 0.265. The van der Waals surface area contributed by atoms with Gasteiger partial charge in [0, 0.05) is 12.2 Å². The van der Waals surface area contributed by atoms with Gasteiger partial charge in [0.25, 0.3) is 0 Å². The van der Waals surface area contributed by atoms with Gasteiger partial charge in [-0.05, 0) is 30.6 Å². The number of hydrogen-bond acceptors (Lipinski definition) is 6. The molecule has 0 bridgehead atoms. The number of carbonyl (C=O) groups is 4. The molecular formula is C19H27N3O6S. The number of amides is 2. The Morgan fingerprint density at radius 3 is 2.41 bits per heavy atom. The van der Waals surface area contributed by atoms with E-state index in [1.807, 2.05) is 30.3 Å². The van der Waals surface area contributed by atoms with E-state index >= 15 is 0 Å². The van der Waals surface area contributed by atoms with E-state index in [4.69, 9.17) is 15.9 Å². The van der Waals surface area contributed by atoms with Gasteiger partial charge in [-0.2, -0.15) is 11.8 Å². The fourth-order valence-electron chi connectivity index (χ4n) is 2.37. The average Bonchev–Trinajstić information content (AvgIpc) is 2.69. The molecule has 0 radical (unpaired) electrons. The number of hydrogen-bond donors (Lipinski definition) is 5. The third kappa shape index (κ3) is 11.1. The van der Waals surface area contributed by atoms with Crippen LogP contribution in [-0.2, 0) is 25.6 Å². The third-order valence-electron chi connectivity index (χ3n) is 3.95. The smallest absolute Gasteiger partial charge is 0.322 e. The van der Waals surface area contributed by atoms with Crippen LogP contribution < -0.4 is 16.4 Å². The summed E-state index contributed by atoms with van der Waals surface area (Å²) in [6.07, 6.45) is 1.58. The Balaban J connectivity index is 2.47. The molecule has 0 aromatic heterocycles. The number of benzene rings is 1. The average molecular weight is 426 g/mol. The van der Waals surface area contributed by atoms with Gasteiger partial charge in [0.05, 0.1) is 0 Å². The number of aryl methyl sites for hydroxylation is 1. The Labute approximate surface area is 173 Å². The number of rotatable bonds is 14. The first kappa shape index (κ1) is 24.4. The van der Waals surface area contributed by atoms with Crippen LogP contribution in [0.3, 0.4) is 0 Å². The summed E-state index contributed by atoms with van der Waals surface area (Å²) in [6.45, 7) is -0.548. The van der Waals surface area contributed by atoms with Crippen LogP contribution in [0.5, 0.6) is 0 Å². The van der Waals surface area contributed by atoms with Crippen molar-refractivity contribution in [2.24, 2.45) is 5.73 Å². The standard InChI is InChI=1S/C19H27N3O6S/c20-14(19(27)28)8-9-16(23)22-15(18(26)21-11-17(24)25)12-29-10-4-7-13-5-2-1-3-6-13/h1-3,5-6,14-15H,4,7-12,20H2,(H,21,26)(H,22,23)(H,24,25)(H,27,28)/t14-,15?/m0/s1. The van der Waals surface area contributed by atoms with Crippen molar-refractivity contribution in [1.29, 1.82) is 0 Å². The van der Waals surface area contributed by atoms with Gasteiger partial charge in [0.15, 0.2) is 0 Å². The number of carboxylic acids is 2. The largest absolute Gasteiger partial charge is 0.480 e. The van der Waals surface area contributed by atoms with Crippen LogP contribution in [0, 0.1) is 0 Å². The Morgan fingerprint density at radius 1 is 1.10 bits per heavy atom. The van der Waals surface area contributed by atoms with E-state index in [0.29, 0.717) is 0 Å².